The summed E-state index contributed by atoms with van der Waals surface area (Å²) in [4.78, 5) is 0. The Labute approximate surface area is 80.1 Å². The van der Waals surface area contributed by atoms with Crippen LogP contribution in [-0.4, -0.2) is 19.3 Å². The predicted molar refractivity (Wildman–Crippen MR) is 52.4 cm³/mol. The van der Waals surface area contributed by atoms with Gasteiger partial charge < -0.3 is 5.32 Å². The van der Waals surface area contributed by atoms with Gasteiger partial charge in [0.2, 0.25) is 0 Å². The van der Waals surface area contributed by atoms with Crippen LogP contribution in [0.4, 0.5) is 4.39 Å². The molecule has 1 saturated carbocycles. The Morgan fingerprint density at radius 1 is 1.15 bits per heavy atom. The van der Waals surface area contributed by atoms with Gasteiger partial charge in [-0.3, -0.25) is 0 Å². The smallest absolute Gasteiger partial charge is 0.103 e. The van der Waals surface area contributed by atoms with Gasteiger partial charge in [-0.1, -0.05) is 12.8 Å². The van der Waals surface area contributed by atoms with E-state index in [0.29, 0.717) is 5.92 Å². The third-order valence-corrected chi connectivity index (χ3v) is 3.61. The van der Waals surface area contributed by atoms with Crippen LogP contribution in [0.3, 0.4) is 0 Å². The minimum atomic E-state index is -0.491. The summed E-state index contributed by atoms with van der Waals surface area (Å²) in [6.07, 6.45) is 6.24. The van der Waals surface area contributed by atoms with Gasteiger partial charge in [0.15, 0.2) is 0 Å². The molecule has 0 aromatic heterocycles. The summed E-state index contributed by atoms with van der Waals surface area (Å²) in [6.45, 7) is 2.28. The van der Waals surface area contributed by atoms with Gasteiger partial charge in [0, 0.05) is 0 Å². The Hall–Kier alpha value is -0.110. The highest BCUT2D eigenvalue weighted by molar-refractivity contribution is 4.80. The van der Waals surface area contributed by atoms with Crippen molar-refractivity contribution < 1.29 is 4.39 Å². The van der Waals surface area contributed by atoms with Crippen molar-refractivity contribution in [2.45, 2.75) is 44.7 Å². The third kappa shape index (κ3) is 2.43. The zero-order chi connectivity index (χ0) is 9.10. The largest absolute Gasteiger partial charge is 0.316 e. The molecule has 0 radical (unpaired) electrons. The van der Waals surface area contributed by atoms with Gasteiger partial charge in [0.1, 0.15) is 6.17 Å². The fraction of sp³-hybridized carbons (Fsp3) is 1.00. The van der Waals surface area contributed by atoms with E-state index in [1.165, 1.54) is 12.8 Å². The van der Waals surface area contributed by atoms with Crippen LogP contribution in [-0.2, 0) is 0 Å². The van der Waals surface area contributed by atoms with Crippen molar-refractivity contribution in [3.63, 3.8) is 0 Å². The van der Waals surface area contributed by atoms with Crippen molar-refractivity contribution in [1.29, 1.82) is 0 Å². The second kappa shape index (κ2) is 4.41. The Balaban J connectivity index is 1.78. The SMILES string of the molecule is FC1CCCCC1CC1CCNC1. The summed E-state index contributed by atoms with van der Waals surface area (Å²) in [5, 5.41) is 3.35. The molecule has 0 spiro atoms. The van der Waals surface area contributed by atoms with E-state index in [1.54, 1.807) is 0 Å². The molecule has 1 N–H and O–H groups in total. The van der Waals surface area contributed by atoms with Crippen molar-refractivity contribution in [3.8, 4) is 0 Å². The van der Waals surface area contributed by atoms with Gasteiger partial charge in [-0.05, 0) is 50.6 Å². The Morgan fingerprint density at radius 2 is 2.00 bits per heavy atom. The van der Waals surface area contributed by atoms with Crippen LogP contribution in [0, 0.1) is 11.8 Å². The van der Waals surface area contributed by atoms with Crippen LogP contribution >= 0.6 is 0 Å². The van der Waals surface area contributed by atoms with Crippen LogP contribution in [0.25, 0.3) is 0 Å². The first-order valence-corrected chi connectivity index (χ1v) is 5.71. The lowest BCUT2D eigenvalue weighted by atomic mass is 9.81. The van der Waals surface area contributed by atoms with Crippen LogP contribution in [0.2, 0.25) is 0 Å². The molecule has 2 heteroatoms. The summed E-state index contributed by atoms with van der Waals surface area (Å²) in [5.41, 5.74) is 0. The molecular formula is C11H20FN. The van der Waals surface area contributed by atoms with Crippen LogP contribution < -0.4 is 5.32 Å². The molecule has 13 heavy (non-hydrogen) atoms. The Kier molecular flexibility index (Phi) is 3.20. The van der Waals surface area contributed by atoms with Gasteiger partial charge in [-0.25, -0.2) is 4.39 Å². The average molecular weight is 185 g/mol. The minimum absolute atomic E-state index is 0.388. The molecule has 2 rings (SSSR count). The number of hydrogen-bond donors (Lipinski definition) is 1. The number of hydrogen-bond acceptors (Lipinski definition) is 1. The maximum absolute atomic E-state index is 13.5. The van der Waals surface area contributed by atoms with Crippen molar-refractivity contribution in [1.82, 2.24) is 5.32 Å². The predicted octanol–water partition coefficient (Wildman–Crippen LogP) is 2.51. The van der Waals surface area contributed by atoms with Gasteiger partial charge in [-0.15, -0.1) is 0 Å². The first-order chi connectivity index (χ1) is 6.36. The molecular weight excluding hydrogens is 165 g/mol. The van der Waals surface area contributed by atoms with E-state index in [-0.39, 0.29) is 0 Å². The third-order valence-electron chi connectivity index (χ3n) is 3.61. The molecule has 0 aromatic rings. The molecule has 2 fully saturated rings. The van der Waals surface area contributed by atoms with Gasteiger partial charge in [0.25, 0.3) is 0 Å². The first kappa shape index (κ1) is 9.45. The summed E-state index contributed by atoms with van der Waals surface area (Å²) in [6, 6.07) is 0. The second-order valence-corrected chi connectivity index (χ2v) is 4.66. The highest BCUT2D eigenvalue weighted by Gasteiger charge is 2.28. The van der Waals surface area contributed by atoms with Gasteiger partial charge in [0.05, 0.1) is 0 Å². The molecule has 2 aliphatic rings. The van der Waals surface area contributed by atoms with E-state index in [0.717, 1.165) is 44.7 Å². The molecule has 3 unspecified atom stereocenters. The van der Waals surface area contributed by atoms with E-state index >= 15 is 0 Å². The standard InChI is InChI=1S/C11H20FN/c12-11-4-2-1-3-10(11)7-9-5-6-13-8-9/h9-11,13H,1-8H2. The molecule has 76 valence electrons. The first-order valence-electron chi connectivity index (χ1n) is 5.71. The number of alkyl halides is 1. The molecule has 1 aliphatic carbocycles. The summed E-state index contributed by atoms with van der Waals surface area (Å²) < 4.78 is 13.5. The summed E-state index contributed by atoms with van der Waals surface area (Å²) >= 11 is 0. The van der Waals surface area contributed by atoms with E-state index in [2.05, 4.69) is 5.32 Å². The molecule has 1 saturated heterocycles. The van der Waals surface area contributed by atoms with Gasteiger partial charge in [-0.2, -0.15) is 0 Å². The van der Waals surface area contributed by atoms with E-state index in [4.69, 9.17) is 0 Å². The van der Waals surface area contributed by atoms with Crippen LogP contribution in [0.5, 0.6) is 0 Å². The highest BCUT2D eigenvalue weighted by Crippen LogP contribution is 2.32. The van der Waals surface area contributed by atoms with Crippen LogP contribution in [0.1, 0.15) is 38.5 Å². The topological polar surface area (TPSA) is 12.0 Å². The maximum atomic E-state index is 13.5. The van der Waals surface area contributed by atoms with Gasteiger partial charge >= 0.3 is 0 Å². The van der Waals surface area contributed by atoms with Crippen molar-refractivity contribution in [2.24, 2.45) is 11.8 Å². The Morgan fingerprint density at radius 3 is 2.69 bits per heavy atom. The number of nitrogens with one attached hydrogen (secondary N) is 1. The molecule has 0 amide bonds. The second-order valence-electron chi connectivity index (χ2n) is 4.66. The molecule has 0 bridgehead atoms. The normalized spacial score (nSPS) is 40.8. The van der Waals surface area contributed by atoms with Crippen molar-refractivity contribution >= 4 is 0 Å². The highest BCUT2D eigenvalue weighted by atomic mass is 19.1. The maximum Gasteiger partial charge on any atom is 0.103 e. The molecule has 1 aliphatic heterocycles. The molecule has 1 nitrogen and oxygen atoms in total. The molecule has 1 heterocycles. The summed E-state index contributed by atoms with van der Waals surface area (Å²) in [7, 11) is 0. The lowest BCUT2D eigenvalue weighted by molar-refractivity contribution is 0.143. The molecule has 3 atom stereocenters. The number of halogens is 1. The molecule has 0 aromatic carbocycles. The van der Waals surface area contributed by atoms with Crippen molar-refractivity contribution in [2.75, 3.05) is 13.1 Å². The van der Waals surface area contributed by atoms with E-state index < -0.39 is 6.17 Å². The monoisotopic (exact) mass is 185 g/mol. The van der Waals surface area contributed by atoms with E-state index in [9.17, 15) is 4.39 Å². The fourth-order valence-corrected chi connectivity index (χ4v) is 2.77. The number of rotatable bonds is 2. The Bertz CT molecular complexity index is 154. The summed E-state index contributed by atoms with van der Waals surface area (Å²) in [5.74, 6) is 1.15. The quantitative estimate of drug-likeness (QED) is 0.697. The average Bonchev–Trinajstić information content (AvgIpc) is 2.61. The lowest BCUT2D eigenvalue weighted by Crippen LogP contribution is -2.24. The van der Waals surface area contributed by atoms with E-state index in [1.807, 2.05) is 0 Å². The lowest BCUT2D eigenvalue weighted by Gasteiger charge is -2.27. The van der Waals surface area contributed by atoms with Crippen molar-refractivity contribution in [3.05, 3.63) is 0 Å². The fourth-order valence-electron chi connectivity index (χ4n) is 2.77. The zero-order valence-corrected chi connectivity index (χ0v) is 8.27. The van der Waals surface area contributed by atoms with Crippen LogP contribution in [0.15, 0.2) is 0 Å². The minimum Gasteiger partial charge on any atom is -0.316 e. The zero-order valence-electron chi connectivity index (χ0n) is 8.27.